The maximum atomic E-state index is 12.5. The molecule has 1 fully saturated rings. The molecule has 1 saturated heterocycles. The Morgan fingerprint density at radius 2 is 2.00 bits per heavy atom. The Bertz CT molecular complexity index is 677. The molecule has 1 aromatic rings. The zero-order chi connectivity index (χ0) is 17.0. The Labute approximate surface area is 135 Å². The van der Waals surface area contributed by atoms with Gasteiger partial charge in [0.2, 0.25) is 15.9 Å². The van der Waals surface area contributed by atoms with E-state index >= 15 is 0 Å². The standard InChI is InChI=1S/C14H20N4O4S/c1-15-13(19)11-9-17(7-8-18(10-11)23(2,21)22)14(20)12-5-3-4-6-16-12/h3-6,11H,7-10H2,1-2H3,(H,15,19)/t11-/m0/s1. The van der Waals surface area contributed by atoms with Crippen molar-refractivity contribution in [1.29, 1.82) is 0 Å². The fourth-order valence-corrected chi connectivity index (χ4v) is 3.36. The Morgan fingerprint density at radius 3 is 2.57 bits per heavy atom. The number of hydrogen-bond acceptors (Lipinski definition) is 5. The monoisotopic (exact) mass is 340 g/mol. The largest absolute Gasteiger partial charge is 0.359 e. The molecule has 0 aliphatic carbocycles. The second-order valence-corrected chi connectivity index (χ2v) is 7.38. The third-order valence-electron chi connectivity index (χ3n) is 3.74. The Balaban J connectivity index is 2.25. The normalized spacial score (nSPS) is 19.9. The van der Waals surface area contributed by atoms with Crippen molar-refractivity contribution in [2.45, 2.75) is 0 Å². The van der Waals surface area contributed by atoms with E-state index < -0.39 is 15.9 Å². The van der Waals surface area contributed by atoms with Gasteiger partial charge in [0.25, 0.3) is 5.91 Å². The number of hydrogen-bond donors (Lipinski definition) is 1. The summed E-state index contributed by atoms with van der Waals surface area (Å²) >= 11 is 0. The molecule has 23 heavy (non-hydrogen) atoms. The number of rotatable bonds is 3. The number of amides is 2. The van der Waals surface area contributed by atoms with Crippen molar-refractivity contribution >= 4 is 21.8 Å². The summed E-state index contributed by atoms with van der Waals surface area (Å²) in [5.41, 5.74) is 0.274. The second-order valence-electron chi connectivity index (χ2n) is 5.40. The van der Waals surface area contributed by atoms with Crippen LogP contribution in [0.2, 0.25) is 0 Å². The minimum Gasteiger partial charge on any atom is -0.359 e. The van der Waals surface area contributed by atoms with Gasteiger partial charge in [-0.2, -0.15) is 4.31 Å². The van der Waals surface area contributed by atoms with Crippen LogP contribution >= 0.6 is 0 Å². The van der Waals surface area contributed by atoms with E-state index in [4.69, 9.17) is 0 Å². The first-order valence-corrected chi connectivity index (χ1v) is 9.04. The van der Waals surface area contributed by atoms with Crippen LogP contribution in [0.3, 0.4) is 0 Å². The summed E-state index contributed by atoms with van der Waals surface area (Å²) in [6.07, 6.45) is 2.62. The average Bonchev–Trinajstić information content (AvgIpc) is 2.77. The molecule has 126 valence electrons. The van der Waals surface area contributed by atoms with Crippen molar-refractivity contribution in [1.82, 2.24) is 19.5 Å². The molecular formula is C14H20N4O4S. The summed E-state index contributed by atoms with van der Waals surface area (Å²) in [4.78, 5) is 30.0. The molecule has 0 aromatic carbocycles. The summed E-state index contributed by atoms with van der Waals surface area (Å²) < 4.78 is 24.9. The molecule has 2 rings (SSSR count). The van der Waals surface area contributed by atoms with Crippen LogP contribution in [0, 0.1) is 5.92 Å². The Hall–Kier alpha value is -2.00. The van der Waals surface area contributed by atoms with E-state index in [9.17, 15) is 18.0 Å². The molecule has 1 aliphatic rings. The van der Waals surface area contributed by atoms with Crippen molar-refractivity contribution < 1.29 is 18.0 Å². The summed E-state index contributed by atoms with van der Waals surface area (Å²) in [5.74, 6) is -1.22. The van der Waals surface area contributed by atoms with Gasteiger partial charge in [-0.15, -0.1) is 0 Å². The molecule has 2 heterocycles. The molecular weight excluding hydrogens is 320 g/mol. The maximum Gasteiger partial charge on any atom is 0.272 e. The molecule has 0 unspecified atom stereocenters. The Morgan fingerprint density at radius 1 is 1.26 bits per heavy atom. The zero-order valence-corrected chi connectivity index (χ0v) is 13.9. The highest BCUT2D eigenvalue weighted by Crippen LogP contribution is 2.15. The van der Waals surface area contributed by atoms with Gasteiger partial charge in [-0.3, -0.25) is 14.6 Å². The molecule has 0 saturated carbocycles. The summed E-state index contributed by atoms with van der Waals surface area (Å²) in [7, 11) is -1.95. The van der Waals surface area contributed by atoms with Crippen molar-refractivity contribution in [3.8, 4) is 0 Å². The quantitative estimate of drug-likeness (QED) is 0.773. The SMILES string of the molecule is CNC(=O)[C@H]1CN(C(=O)c2ccccn2)CCN(S(C)(=O)=O)C1. The molecule has 1 N–H and O–H groups in total. The van der Waals surface area contributed by atoms with Gasteiger partial charge in [0.05, 0.1) is 12.2 Å². The summed E-state index contributed by atoms with van der Waals surface area (Å²) in [5, 5.41) is 2.52. The van der Waals surface area contributed by atoms with Crippen LogP contribution in [0.4, 0.5) is 0 Å². The molecule has 2 amide bonds. The van der Waals surface area contributed by atoms with E-state index in [-0.39, 0.29) is 43.7 Å². The number of carbonyl (C=O) groups excluding carboxylic acids is 2. The van der Waals surface area contributed by atoms with E-state index in [0.717, 1.165) is 6.26 Å². The Kier molecular flexibility index (Phi) is 5.32. The molecule has 8 nitrogen and oxygen atoms in total. The van der Waals surface area contributed by atoms with E-state index in [0.29, 0.717) is 0 Å². The van der Waals surface area contributed by atoms with Crippen molar-refractivity contribution in [2.24, 2.45) is 5.92 Å². The van der Waals surface area contributed by atoms with Gasteiger partial charge in [0, 0.05) is 39.4 Å². The maximum absolute atomic E-state index is 12.5. The van der Waals surface area contributed by atoms with Crippen LogP contribution in [0.25, 0.3) is 0 Å². The number of nitrogens with one attached hydrogen (secondary N) is 1. The predicted molar refractivity (Wildman–Crippen MR) is 84.1 cm³/mol. The van der Waals surface area contributed by atoms with Crippen LogP contribution in [0.15, 0.2) is 24.4 Å². The molecule has 1 aromatic heterocycles. The number of sulfonamides is 1. The number of nitrogens with zero attached hydrogens (tertiary/aromatic N) is 3. The lowest BCUT2D eigenvalue weighted by molar-refractivity contribution is -0.124. The molecule has 9 heteroatoms. The van der Waals surface area contributed by atoms with E-state index in [1.165, 1.54) is 22.4 Å². The van der Waals surface area contributed by atoms with Crippen molar-refractivity contribution in [3.05, 3.63) is 30.1 Å². The molecule has 0 bridgehead atoms. The van der Waals surface area contributed by atoms with Crippen LogP contribution in [0.5, 0.6) is 0 Å². The average molecular weight is 340 g/mol. The first-order valence-electron chi connectivity index (χ1n) is 7.20. The minimum atomic E-state index is -3.44. The third-order valence-corrected chi connectivity index (χ3v) is 5.01. The van der Waals surface area contributed by atoms with Gasteiger partial charge >= 0.3 is 0 Å². The van der Waals surface area contributed by atoms with E-state index in [1.807, 2.05) is 0 Å². The molecule has 1 atom stereocenters. The van der Waals surface area contributed by atoms with Gasteiger partial charge < -0.3 is 10.2 Å². The van der Waals surface area contributed by atoms with Crippen molar-refractivity contribution in [3.63, 3.8) is 0 Å². The first kappa shape index (κ1) is 17.4. The number of carbonyl (C=O) groups is 2. The van der Waals surface area contributed by atoms with Gasteiger partial charge in [-0.1, -0.05) is 6.07 Å². The van der Waals surface area contributed by atoms with Crippen LogP contribution in [-0.2, 0) is 14.8 Å². The molecule has 1 aliphatic heterocycles. The lowest BCUT2D eigenvalue weighted by Gasteiger charge is -2.22. The van der Waals surface area contributed by atoms with Crippen molar-refractivity contribution in [2.75, 3.05) is 39.5 Å². The summed E-state index contributed by atoms with van der Waals surface area (Å²) in [6.45, 7) is 0.590. The molecule has 0 radical (unpaired) electrons. The highest BCUT2D eigenvalue weighted by atomic mass is 32.2. The second kappa shape index (κ2) is 7.05. The lowest BCUT2D eigenvalue weighted by Crippen LogP contribution is -2.42. The highest BCUT2D eigenvalue weighted by Gasteiger charge is 2.33. The van der Waals surface area contributed by atoms with Gasteiger partial charge in [-0.25, -0.2) is 8.42 Å². The number of pyridine rings is 1. The predicted octanol–water partition coefficient (Wildman–Crippen LogP) is -0.839. The topological polar surface area (TPSA) is 99.7 Å². The lowest BCUT2D eigenvalue weighted by atomic mass is 10.1. The fraction of sp³-hybridized carbons (Fsp3) is 0.500. The zero-order valence-electron chi connectivity index (χ0n) is 13.1. The van der Waals surface area contributed by atoms with Crippen LogP contribution < -0.4 is 5.32 Å². The highest BCUT2D eigenvalue weighted by molar-refractivity contribution is 7.88. The minimum absolute atomic E-state index is 0.0600. The van der Waals surface area contributed by atoms with Gasteiger partial charge in [-0.05, 0) is 12.1 Å². The van der Waals surface area contributed by atoms with Crippen LogP contribution in [0.1, 0.15) is 10.5 Å². The third kappa shape index (κ3) is 4.26. The van der Waals surface area contributed by atoms with E-state index in [2.05, 4.69) is 10.3 Å². The van der Waals surface area contributed by atoms with Gasteiger partial charge in [0.15, 0.2) is 0 Å². The smallest absolute Gasteiger partial charge is 0.272 e. The first-order chi connectivity index (χ1) is 10.8. The number of aromatic nitrogens is 1. The molecule has 0 spiro atoms. The van der Waals surface area contributed by atoms with E-state index in [1.54, 1.807) is 18.2 Å². The van der Waals surface area contributed by atoms with Crippen LogP contribution in [-0.4, -0.2) is 73.9 Å². The fourth-order valence-electron chi connectivity index (χ4n) is 2.49. The van der Waals surface area contributed by atoms with Gasteiger partial charge in [0.1, 0.15) is 5.69 Å². The summed E-state index contributed by atoms with van der Waals surface area (Å²) in [6, 6.07) is 5.01.